The summed E-state index contributed by atoms with van der Waals surface area (Å²) in [5, 5.41) is 0. The van der Waals surface area contributed by atoms with Crippen molar-refractivity contribution in [2.75, 3.05) is 0 Å². The van der Waals surface area contributed by atoms with E-state index < -0.39 is 7.82 Å². The van der Waals surface area contributed by atoms with Gasteiger partial charge in [0.2, 0.25) is 0 Å². The van der Waals surface area contributed by atoms with Crippen LogP contribution in [-0.2, 0) is 4.57 Å². The predicted octanol–water partition coefficient (Wildman–Crippen LogP) is -8.68. The Balaban J connectivity index is -0.00000000533. The fraction of sp³-hybridized carbons (Fsp3) is 0. The van der Waals surface area contributed by atoms with Gasteiger partial charge in [-0.2, -0.15) is 0 Å². The van der Waals surface area contributed by atoms with Crippen LogP contribution in [0.1, 0.15) is 0 Å². The van der Waals surface area contributed by atoms with E-state index in [0.29, 0.717) is 0 Å². The summed E-state index contributed by atoms with van der Waals surface area (Å²) >= 11 is 0. The third kappa shape index (κ3) is 1050. The Morgan fingerprint density at radius 1 is 0.909 bits per heavy atom. The van der Waals surface area contributed by atoms with Gasteiger partial charge in [-0.25, -0.2) is 0 Å². The van der Waals surface area contributed by atoms with Gasteiger partial charge in [0.1, 0.15) is 0 Å². The molecule has 0 aromatic heterocycles. The van der Waals surface area contributed by atoms with Crippen molar-refractivity contribution in [2.45, 2.75) is 0 Å². The summed E-state index contributed by atoms with van der Waals surface area (Å²) in [4.78, 5) is 22.9. The van der Waals surface area contributed by atoms with Crippen LogP contribution in [-0.4, -0.2) is 37.2 Å². The van der Waals surface area contributed by atoms with Gasteiger partial charge in [-0.1, -0.05) is 0 Å². The van der Waals surface area contributed by atoms with Crippen molar-refractivity contribution in [1.82, 2.24) is 0 Å². The molecule has 0 fully saturated rings. The molecule has 0 bridgehead atoms. The SMILES string of the molecule is O.O.O.O.O.O=P([O-])(O)O.[Na+]. The van der Waals surface area contributed by atoms with Crippen molar-refractivity contribution < 1.29 is 76.2 Å². The minimum absolute atomic E-state index is 0. The molecule has 0 saturated carbocycles. The van der Waals surface area contributed by atoms with Crippen molar-refractivity contribution in [1.29, 1.82) is 0 Å². The second-order valence-corrected chi connectivity index (χ2v) is 1.47. The first kappa shape index (κ1) is 58.8. The van der Waals surface area contributed by atoms with Crippen molar-refractivity contribution in [3.8, 4) is 0 Å². The quantitative estimate of drug-likeness (QED) is 0.292. The molecule has 0 aromatic rings. The fourth-order valence-corrected chi connectivity index (χ4v) is 0. The molecule has 0 unspecified atom stereocenters. The molecular formula is H12NaO9P. The minimum Gasteiger partial charge on any atom is -0.756 e. The number of phosphoric acid groups is 1. The summed E-state index contributed by atoms with van der Waals surface area (Å²) in [6, 6.07) is 0. The molecular weight excluding hydrogens is 198 g/mol. The van der Waals surface area contributed by atoms with Gasteiger partial charge < -0.3 is 42.1 Å². The molecule has 0 aromatic carbocycles. The Hall–Kier alpha value is 0.910. The summed E-state index contributed by atoms with van der Waals surface area (Å²) < 4.78 is 8.77. The smallest absolute Gasteiger partial charge is 0.756 e. The molecule has 11 heteroatoms. The van der Waals surface area contributed by atoms with Gasteiger partial charge in [-0.05, 0) is 0 Å². The summed E-state index contributed by atoms with van der Waals surface area (Å²) in [6.07, 6.45) is 0. The third-order valence-electron chi connectivity index (χ3n) is 0. The third-order valence-corrected chi connectivity index (χ3v) is 0. The zero-order chi connectivity index (χ0) is 4.50. The molecule has 0 rings (SSSR count). The molecule has 0 spiro atoms. The van der Waals surface area contributed by atoms with E-state index in [4.69, 9.17) is 19.2 Å². The fourth-order valence-electron chi connectivity index (χ4n) is 0. The first-order valence-electron chi connectivity index (χ1n) is 0.765. The molecule has 0 aliphatic heterocycles. The van der Waals surface area contributed by atoms with E-state index in [1.165, 1.54) is 0 Å². The van der Waals surface area contributed by atoms with Gasteiger partial charge in [0.15, 0.2) is 0 Å². The van der Waals surface area contributed by atoms with Crippen molar-refractivity contribution in [2.24, 2.45) is 0 Å². The molecule has 0 heterocycles. The van der Waals surface area contributed by atoms with Crippen LogP contribution in [0, 0.1) is 0 Å². The van der Waals surface area contributed by atoms with E-state index in [2.05, 4.69) is 0 Å². The van der Waals surface area contributed by atoms with Crippen molar-refractivity contribution >= 4 is 7.82 Å². The largest absolute Gasteiger partial charge is 1.00 e. The van der Waals surface area contributed by atoms with Crippen LogP contribution in [0.3, 0.4) is 0 Å². The average Bonchev–Trinajstić information content (AvgIpc) is 0.722. The molecule has 0 atom stereocenters. The summed E-state index contributed by atoms with van der Waals surface area (Å²) in [5.74, 6) is 0. The molecule has 0 aliphatic carbocycles. The van der Waals surface area contributed by atoms with Crippen LogP contribution in [0.5, 0.6) is 0 Å². The molecule has 0 aliphatic rings. The van der Waals surface area contributed by atoms with Crippen LogP contribution >= 0.6 is 7.82 Å². The van der Waals surface area contributed by atoms with Crippen LogP contribution in [0.25, 0.3) is 0 Å². The van der Waals surface area contributed by atoms with Gasteiger partial charge in [0, 0.05) is 0 Å². The van der Waals surface area contributed by atoms with E-state index in [0.717, 1.165) is 0 Å². The maximum Gasteiger partial charge on any atom is 1.00 e. The minimum atomic E-state index is -4.89. The van der Waals surface area contributed by atoms with Gasteiger partial charge in [-0.15, -0.1) is 0 Å². The molecule has 0 amide bonds. The van der Waals surface area contributed by atoms with E-state index in [9.17, 15) is 0 Å². The zero-order valence-corrected chi connectivity index (χ0v) is 8.55. The number of rotatable bonds is 0. The molecule has 0 radical (unpaired) electrons. The van der Waals surface area contributed by atoms with Crippen LogP contribution < -0.4 is 34.5 Å². The van der Waals surface area contributed by atoms with Crippen LogP contribution in [0.4, 0.5) is 0 Å². The topological polar surface area (TPSA) is 238 Å². The number of hydrogen-bond acceptors (Lipinski definition) is 2. The van der Waals surface area contributed by atoms with E-state index in [-0.39, 0.29) is 56.9 Å². The molecule has 12 N–H and O–H groups in total. The zero-order valence-electron chi connectivity index (χ0n) is 5.66. The predicted molar refractivity (Wildman–Crippen MR) is 30.1 cm³/mol. The normalized spacial score (nSPS) is 5.36. The van der Waals surface area contributed by atoms with E-state index in [1.807, 2.05) is 0 Å². The second kappa shape index (κ2) is 22.4. The Labute approximate surface area is 84.1 Å². The Morgan fingerprint density at radius 2 is 0.909 bits per heavy atom. The number of hydrogen-bond donors (Lipinski definition) is 2. The molecule has 11 heavy (non-hydrogen) atoms. The Bertz CT molecular complexity index is 55.7. The Morgan fingerprint density at radius 3 is 0.909 bits per heavy atom. The second-order valence-electron chi connectivity index (χ2n) is 0.491. The van der Waals surface area contributed by atoms with Crippen LogP contribution in [0.2, 0.25) is 0 Å². The monoisotopic (exact) mass is 210 g/mol. The van der Waals surface area contributed by atoms with Gasteiger partial charge in [0.25, 0.3) is 7.82 Å². The maximum atomic E-state index is 8.77. The van der Waals surface area contributed by atoms with Crippen molar-refractivity contribution in [3.63, 3.8) is 0 Å². The average molecular weight is 210 g/mol. The molecule has 72 valence electrons. The van der Waals surface area contributed by atoms with Crippen LogP contribution in [0.15, 0.2) is 0 Å². The first-order chi connectivity index (χ1) is 2.00. The van der Waals surface area contributed by atoms with E-state index in [1.54, 1.807) is 0 Å². The summed E-state index contributed by atoms with van der Waals surface area (Å²) in [6.45, 7) is 0. The maximum absolute atomic E-state index is 8.77. The van der Waals surface area contributed by atoms with Crippen molar-refractivity contribution in [3.05, 3.63) is 0 Å². The summed E-state index contributed by atoms with van der Waals surface area (Å²) in [7, 11) is -4.89. The molecule has 9 nitrogen and oxygen atoms in total. The van der Waals surface area contributed by atoms with E-state index >= 15 is 0 Å². The standard InChI is InChI=1S/Na.H3O4P.5H2O/c;1-5(2,3)4;;;;;/h;(H3,1,2,3,4);5*1H2/q+1;;;;;;/p-1. The van der Waals surface area contributed by atoms with Gasteiger partial charge in [-0.3, -0.25) is 4.57 Å². The summed E-state index contributed by atoms with van der Waals surface area (Å²) in [5.41, 5.74) is 0. The van der Waals surface area contributed by atoms with Gasteiger partial charge in [0.05, 0.1) is 0 Å². The Kier molecular flexibility index (Phi) is 120. The molecule has 0 saturated heterocycles. The van der Waals surface area contributed by atoms with Gasteiger partial charge >= 0.3 is 29.6 Å². The first-order valence-corrected chi connectivity index (χ1v) is 2.30.